The fourth-order valence-electron chi connectivity index (χ4n) is 2.70. The highest BCUT2D eigenvalue weighted by atomic mass is 32.2. The first-order chi connectivity index (χ1) is 12.4. The molecule has 0 unspecified atom stereocenters. The summed E-state index contributed by atoms with van der Waals surface area (Å²) in [6.07, 6.45) is 1.74. The average molecular weight is 383 g/mol. The van der Waals surface area contributed by atoms with E-state index in [-0.39, 0.29) is 23.3 Å². The molecule has 9 heteroatoms. The van der Waals surface area contributed by atoms with Crippen LogP contribution in [0.1, 0.15) is 23.2 Å². The lowest BCUT2D eigenvalue weighted by Gasteiger charge is -2.18. The molecule has 1 N–H and O–H groups in total. The van der Waals surface area contributed by atoms with Crippen LogP contribution < -0.4 is 5.32 Å². The molecule has 0 aliphatic carbocycles. The second-order valence-electron chi connectivity index (χ2n) is 6.14. The molecule has 1 aliphatic heterocycles. The van der Waals surface area contributed by atoms with Gasteiger partial charge in [0.1, 0.15) is 0 Å². The number of nitrogens with one attached hydrogen (secondary N) is 1. The fourth-order valence-corrected chi connectivity index (χ4v) is 4.22. The molecular weight excluding hydrogens is 358 g/mol. The van der Waals surface area contributed by atoms with Crippen LogP contribution in [0, 0.1) is 0 Å². The van der Waals surface area contributed by atoms with Crippen molar-refractivity contribution in [2.45, 2.75) is 17.7 Å². The Morgan fingerprint density at radius 1 is 1.19 bits per heavy atom. The summed E-state index contributed by atoms with van der Waals surface area (Å²) in [7, 11) is -0.443. The molecule has 0 atom stereocenters. The van der Waals surface area contributed by atoms with Gasteiger partial charge in [0, 0.05) is 39.4 Å². The predicted octanol–water partition coefficient (Wildman–Crippen LogP) is 0.306. The average Bonchev–Trinajstić information content (AvgIpc) is 3.17. The number of ether oxygens (including phenoxy) is 1. The number of rotatable bonds is 8. The summed E-state index contributed by atoms with van der Waals surface area (Å²) in [4.78, 5) is 25.6. The van der Waals surface area contributed by atoms with E-state index in [1.54, 1.807) is 0 Å². The van der Waals surface area contributed by atoms with E-state index in [0.29, 0.717) is 31.8 Å². The Kier molecular flexibility index (Phi) is 7.13. The van der Waals surface area contributed by atoms with E-state index in [4.69, 9.17) is 4.74 Å². The van der Waals surface area contributed by atoms with E-state index in [0.717, 1.165) is 12.8 Å². The lowest BCUT2D eigenvalue weighted by atomic mass is 10.2. The van der Waals surface area contributed by atoms with Crippen LogP contribution in [0.5, 0.6) is 0 Å². The van der Waals surface area contributed by atoms with Gasteiger partial charge in [-0.1, -0.05) is 0 Å². The molecule has 0 saturated carbocycles. The third-order valence-electron chi connectivity index (χ3n) is 4.16. The number of carbonyl (C=O) groups excluding carboxylic acids is 2. The van der Waals surface area contributed by atoms with Gasteiger partial charge in [-0.3, -0.25) is 9.59 Å². The van der Waals surface area contributed by atoms with Gasteiger partial charge >= 0.3 is 0 Å². The highest BCUT2D eigenvalue weighted by molar-refractivity contribution is 7.89. The van der Waals surface area contributed by atoms with E-state index in [9.17, 15) is 18.0 Å². The van der Waals surface area contributed by atoms with E-state index >= 15 is 0 Å². The topological polar surface area (TPSA) is 96.0 Å². The third-order valence-corrected chi connectivity index (χ3v) is 6.07. The summed E-state index contributed by atoms with van der Waals surface area (Å²) in [6.45, 7) is 1.75. The van der Waals surface area contributed by atoms with Gasteiger partial charge in [0.15, 0.2) is 0 Å². The van der Waals surface area contributed by atoms with Gasteiger partial charge in [0.25, 0.3) is 5.91 Å². The second-order valence-corrected chi connectivity index (χ2v) is 8.08. The Bertz CT molecular complexity index is 727. The fraction of sp³-hybridized carbons (Fsp3) is 0.529. The van der Waals surface area contributed by atoms with Gasteiger partial charge in [-0.05, 0) is 37.1 Å². The van der Waals surface area contributed by atoms with Crippen LogP contribution in [0.3, 0.4) is 0 Å². The first-order valence-electron chi connectivity index (χ1n) is 8.47. The first kappa shape index (κ1) is 20.3. The molecule has 1 aromatic carbocycles. The largest absolute Gasteiger partial charge is 0.383 e. The van der Waals surface area contributed by atoms with Crippen molar-refractivity contribution in [1.82, 2.24) is 14.5 Å². The van der Waals surface area contributed by atoms with Crippen LogP contribution >= 0.6 is 0 Å². The van der Waals surface area contributed by atoms with Gasteiger partial charge in [0.05, 0.1) is 18.0 Å². The van der Waals surface area contributed by atoms with E-state index in [1.807, 2.05) is 0 Å². The molecule has 1 aliphatic rings. The standard InChI is InChI=1S/C17H25N3O5S/c1-19(13-16(21)18-9-12-25-2)17(22)14-5-7-15(8-6-14)26(23,24)20-10-3-4-11-20/h5-8H,3-4,9-13H2,1-2H3,(H,18,21). The molecule has 0 radical (unpaired) electrons. The lowest BCUT2D eigenvalue weighted by molar-refractivity contribution is -0.121. The number of likely N-dealkylation sites (N-methyl/N-ethyl adjacent to an activating group) is 1. The minimum absolute atomic E-state index is 0.0869. The van der Waals surface area contributed by atoms with Crippen molar-refractivity contribution in [1.29, 1.82) is 0 Å². The number of nitrogens with zero attached hydrogens (tertiary/aromatic N) is 2. The van der Waals surface area contributed by atoms with Crippen molar-refractivity contribution < 1.29 is 22.7 Å². The van der Waals surface area contributed by atoms with Crippen molar-refractivity contribution >= 4 is 21.8 Å². The van der Waals surface area contributed by atoms with Crippen LogP contribution in [0.4, 0.5) is 0 Å². The Hall–Kier alpha value is -1.97. The minimum Gasteiger partial charge on any atom is -0.383 e. The maximum atomic E-state index is 12.5. The Morgan fingerprint density at radius 3 is 2.38 bits per heavy atom. The molecule has 1 heterocycles. The van der Waals surface area contributed by atoms with Crippen molar-refractivity contribution in [2.24, 2.45) is 0 Å². The molecule has 1 fully saturated rings. The summed E-state index contributed by atoms with van der Waals surface area (Å²) < 4.78 is 31.3. The molecule has 1 aromatic rings. The number of amides is 2. The monoisotopic (exact) mass is 383 g/mol. The summed E-state index contributed by atoms with van der Waals surface area (Å²) in [5.41, 5.74) is 0.331. The van der Waals surface area contributed by atoms with Crippen LogP contribution in [0.15, 0.2) is 29.2 Å². The molecule has 144 valence electrons. The van der Waals surface area contributed by atoms with E-state index in [1.165, 1.54) is 47.6 Å². The zero-order valence-corrected chi connectivity index (χ0v) is 15.9. The SMILES string of the molecule is COCCNC(=O)CN(C)C(=O)c1ccc(S(=O)(=O)N2CCCC2)cc1. The minimum atomic E-state index is -3.50. The molecule has 1 saturated heterocycles. The van der Waals surface area contributed by atoms with Crippen molar-refractivity contribution in [3.05, 3.63) is 29.8 Å². The number of sulfonamides is 1. The Balaban J connectivity index is 1.98. The highest BCUT2D eigenvalue weighted by Crippen LogP contribution is 2.21. The maximum Gasteiger partial charge on any atom is 0.254 e. The van der Waals surface area contributed by atoms with Crippen molar-refractivity contribution in [3.63, 3.8) is 0 Å². The van der Waals surface area contributed by atoms with Gasteiger partial charge in [0.2, 0.25) is 15.9 Å². The van der Waals surface area contributed by atoms with Gasteiger partial charge in [-0.25, -0.2) is 8.42 Å². The van der Waals surface area contributed by atoms with E-state index < -0.39 is 10.0 Å². The molecular formula is C17H25N3O5S. The molecule has 8 nitrogen and oxygen atoms in total. The number of carbonyl (C=O) groups is 2. The summed E-state index contributed by atoms with van der Waals surface area (Å²) in [6, 6.07) is 5.83. The van der Waals surface area contributed by atoms with Crippen molar-refractivity contribution in [2.75, 3.05) is 46.9 Å². The van der Waals surface area contributed by atoms with Gasteiger partial charge in [-0.15, -0.1) is 0 Å². The van der Waals surface area contributed by atoms with Crippen LogP contribution in [-0.2, 0) is 19.6 Å². The molecule has 0 aromatic heterocycles. The molecule has 26 heavy (non-hydrogen) atoms. The zero-order chi connectivity index (χ0) is 19.2. The second kappa shape index (κ2) is 9.11. The smallest absolute Gasteiger partial charge is 0.254 e. The Morgan fingerprint density at radius 2 is 1.81 bits per heavy atom. The lowest BCUT2D eigenvalue weighted by Crippen LogP contribution is -2.39. The van der Waals surface area contributed by atoms with Crippen LogP contribution in [0.2, 0.25) is 0 Å². The van der Waals surface area contributed by atoms with Gasteiger partial charge < -0.3 is 15.0 Å². The van der Waals surface area contributed by atoms with E-state index in [2.05, 4.69) is 5.32 Å². The summed E-state index contributed by atoms with van der Waals surface area (Å²) in [5, 5.41) is 2.64. The molecule has 2 rings (SSSR count). The zero-order valence-electron chi connectivity index (χ0n) is 15.1. The van der Waals surface area contributed by atoms with Crippen molar-refractivity contribution in [3.8, 4) is 0 Å². The van der Waals surface area contributed by atoms with Crippen LogP contribution in [-0.4, -0.2) is 76.4 Å². The number of benzene rings is 1. The number of methoxy groups -OCH3 is 1. The highest BCUT2D eigenvalue weighted by Gasteiger charge is 2.27. The molecule has 2 amide bonds. The van der Waals surface area contributed by atoms with Crippen LogP contribution in [0.25, 0.3) is 0 Å². The Labute approximate surface area is 154 Å². The number of hydrogen-bond acceptors (Lipinski definition) is 5. The quantitative estimate of drug-likeness (QED) is 0.652. The maximum absolute atomic E-state index is 12.5. The number of hydrogen-bond donors (Lipinski definition) is 1. The molecule has 0 spiro atoms. The first-order valence-corrected chi connectivity index (χ1v) is 9.91. The predicted molar refractivity (Wildman–Crippen MR) is 96.3 cm³/mol. The third kappa shape index (κ3) is 5.03. The normalized spacial score (nSPS) is 15.0. The van der Waals surface area contributed by atoms with Gasteiger partial charge in [-0.2, -0.15) is 4.31 Å². The summed E-state index contributed by atoms with van der Waals surface area (Å²) in [5.74, 6) is -0.636. The summed E-state index contributed by atoms with van der Waals surface area (Å²) >= 11 is 0. The molecule has 0 bridgehead atoms.